The Morgan fingerprint density at radius 2 is 1.00 bits per heavy atom. The third kappa shape index (κ3) is 7.49. The van der Waals surface area contributed by atoms with Crippen LogP contribution in [-0.2, 0) is 0 Å². The van der Waals surface area contributed by atoms with E-state index in [1.165, 1.54) is 53.8 Å². The summed E-state index contributed by atoms with van der Waals surface area (Å²) in [6, 6.07) is 17.2. The predicted octanol–water partition coefficient (Wildman–Crippen LogP) is 6.37. The molecular formula is C37H34O12. The van der Waals surface area contributed by atoms with Gasteiger partial charge in [0.05, 0.1) is 46.7 Å². The first-order valence-electron chi connectivity index (χ1n) is 14.8. The van der Waals surface area contributed by atoms with E-state index in [4.69, 9.17) is 42.6 Å². The van der Waals surface area contributed by atoms with Gasteiger partial charge in [-0.05, 0) is 71.8 Å². The van der Waals surface area contributed by atoms with Gasteiger partial charge >= 0.3 is 0 Å². The number of allylic oxidation sites excluding steroid dienone is 2. The van der Waals surface area contributed by atoms with Gasteiger partial charge in [0.1, 0.15) is 0 Å². The molecule has 0 bridgehead atoms. The Bertz CT molecular complexity index is 1910. The number of rotatable bonds is 11. The molecule has 2 heterocycles. The lowest BCUT2D eigenvalue weighted by atomic mass is 10.1. The van der Waals surface area contributed by atoms with Crippen molar-refractivity contribution in [3.05, 3.63) is 95.1 Å². The fraction of sp³-hybridized carbons (Fsp3) is 0.189. The van der Waals surface area contributed by atoms with Crippen molar-refractivity contribution in [2.24, 2.45) is 0 Å². The van der Waals surface area contributed by atoms with Gasteiger partial charge in [0.15, 0.2) is 57.6 Å². The fourth-order valence-corrected chi connectivity index (χ4v) is 4.97. The molecule has 12 heteroatoms. The lowest BCUT2D eigenvalue weighted by Gasteiger charge is -2.14. The monoisotopic (exact) mass is 670 g/mol. The molecular weight excluding hydrogens is 636 g/mol. The molecule has 254 valence electrons. The topological polar surface area (TPSA) is 137 Å². The number of aromatic hydroxyl groups is 1. The van der Waals surface area contributed by atoms with Crippen LogP contribution in [0.15, 0.2) is 72.8 Å². The van der Waals surface area contributed by atoms with E-state index in [0.29, 0.717) is 45.8 Å². The molecule has 0 saturated heterocycles. The number of carbonyl (C=O) groups is 2. The molecule has 6 rings (SSSR count). The Morgan fingerprint density at radius 3 is 1.47 bits per heavy atom. The van der Waals surface area contributed by atoms with Crippen LogP contribution in [0.4, 0.5) is 0 Å². The average molecular weight is 671 g/mol. The number of methoxy groups -OCH3 is 5. The largest absolute Gasteiger partial charge is 0.502 e. The lowest BCUT2D eigenvalue weighted by Crippen LogP contribution is -2.02. The zero-order valence-corrected chi connectivity index (χ0v) is 27.4. The van der Waals surface area contributed by atoms with E-state index in [-0.39, 0.29) is 48.0 Å². The number of hydrogen-bond donors (Lipinski definition) is 1. The minimum absolute atomic E-state index is 0.0784. The van der Waals surface area contributed by atoms with E-state index in [0.717, 1.165) is 11.1 Å². The van der Waals surface area contributed by atoms with Crippen LogP contribution < -0.4 is 42.6 Å². The molecule has 0 radical (unpaired) electrons. The highest BCUT2D eigenvalue weighted by atomic mass is 16.7. The quantitative estimate of drug-likeness (QED) is 0.140. The molecule has 0 amide bonds. The van der Waals surface area contributed by atoms with E-state index in [9.17, 15) is 14.7 Å². The van der Waals surface area contributed by atoms with Gasteiger partial charge < -0.3 is 47.7 Å². The molecule has 1 N–H and O–H groups in total. The summed E-state index contributed by atoms with van der Waals surface area (Å²) in [5.74, 6) is 3.50. The molecule has 0 fully saturated rings. The van der Waals surface area contributed by atoms with Crippen LogP contribution in [-0.4, -0.2) is 65.8 Å². The maximum atomic E-state index is 12.6. The molecule has 2 aliphatic heterocycles. The second kappa shape index (κ2) is 15.5. The van der Waals surface area contributed by atoms with Crippen molar-refractivity contribution in [3.8, 4) is 57.5 Å². The molecule has 49 heavy (non-hydrogen) atoms. The van der Waals surface area contributed by atoms with Gasteiger partial charge in [0.25, 0.3) is 0 Å². The second-order valence-corrected chi connectivity index (χ2v) is 10.2. The molecule has 4 aromatic carbocycles. The van der Waals surface area contributed by atoms with Gasteiger partial charge in [-0.1, -0.05) is 24.3 Å². The van der Waals surface area contributed by atoms with Crippen LogP contribution in [0.2, 0.25) is 0 Å². The molecule has 0 atom stereocenters. The summed E-state index contributed by atoms with van der Waals surface area (Å²) in [7, 11) is 7.31. The number of ketones is 2. The van der Waals surface area contributed by atoms with Crippen molar-refractivity contribution in [1.29, 1.82) is 0 Å². The minimum atomic E-state index is -0.303. The zero-order chi connectivity index (χ0) is 34.9. The Balaban J connectivity index is 0.000000191. The highest BCUT2D eigenvalue weighted by Gasteiger charge is 2.20. The normalized spacial score (nSPS) is 12.3. The molecule has 0 spiro atoms. The maximum Gasteiger partial charge on any atom is 0.231 e. The number of carbonyl (C=O) groups excluding carboxylic acids is 2. The lowest BCUT2D eigenvalue weighted by molar-refractivity contribution is 0.103. The summed E-state index contributed by atoms with van der Waals surface area (Å²) in [6.45, 7) is 0.411. The zero-order valence-electron chi connectivity index (χ0n) is 27.4. The van der Waals surface area contributed by atoms with Crippen molar-refractivity contribution in [3.63, 3.8) is 0 Å². The van der Waals surface area contributed by atoms with Crippen LogP contribution in [0.5, 0.6) is 57.5 Å². The Kier molecular flexibility index (Phi) is 10.8. The van der Waals surface area contributed by atoms with Crippen molar-refractivity contribution in [2.45, 2.75) is 0 Å². The van der Waals surface area contributed by atoms with Crippen LogP contribution in [0.25, 0.3) is 12.2 Å². The van der Waals surface area contributed by atoms with Gasteiger partial charge in [-0.25, -0.2) is 0 Å². The summed E-state index contributed by atoms with van der Waals surface area (Å²) >= 11 is 0. The summed E-state index contributed by atoms with van der Waals surface area (Å²) in [4.78, 5) is 25.0. The van der Waals surface area contributed by atoms with E-state index in [1.54, 1.807) is 42.5 Å². The highest BCUT2D eigenvalue weighted by molar-refractivity contribution is 6.10. The number of phenols is 1. The first-order valence-corrected chi connectivity index (χ1v) is 14.8. The highest BCUT2D eigenvalue weighted by Crippen LogP contribution is 2.41. The summed E-state index contributed by atoms with van der Waals surface area (Å²) in [5, 5.41) is 10.1. The van der Waals surface area contributed by atoms with Gasteiger partial charge in [0.2, 0.25) is 25.1 Å². The van der Waals surface area contributed by atoms with Crippen molar-refractivity contribution >= 4 is 23.7 Å². The Labute approximate surface area is 282 Å². The van der Waals surface area contributed by atoms with Gasteiger partial charge in [-0.2, -0.15) is 0 Å². The third-order valence-electron chi connectivity index (χ3n) is 7.40. The Hall–Kier alpha value is -6.30. The molecule has 0 aromatic heterocycles. The number of hydrogen-bond acceptors (Lipinski definition) is 12. The van der Waals surface area contributed by atoms with Crippen molar-refractivity contribution in [2.75, 3.05) is 49.1 Å². The molecule has 2 aliphatic rings. The maximum absolute atomic E-state index is 12.6. The van der Waals surface area contributed by atoms with Gasteiger partial charge in [0, 0.05) is 0 Å². The molecule has 0 saturated carbocycles. The predicted molar refractivity (Wildman–Crippen MR) is 179 cm³/mol. The van der Waals surface area contributed by atoms with Crippen molar-refractivity contribution < 1.29 is 57.3 Å². The third-order valence-corrected chi connectivity index (χ3v) is 7.40. The summed E-state index contributed by atoms with van der Waals surface area (Å²) < 4.78 is 47.2. The van der Waals surface area contributed by atoms with Crippen LogP contribution in [0, 0.1) is 0 Å². The standard InChI is InChI=1S/C19H18O6.C18H16O6/c1-21-16-9-6-13(18(22-2)19(16)23-3)14(20)7-4-12-5-8-15-17(10-12)25-11-24-15;1-21-15-8-5-12(18(22-2)17(15)20)13(19)6-3-11-4-7-14-16(9-11)24-10-23-14/h4-10H,11H2,1-3H3;3-9,20H,10H2,1-2H3/b7-4+;6-3+. The first kappa shape index (κ1) is 34.0. The van der Waals surface area contributed by atoms with Crippen molar-refractivity contribution in [1.82, 2.24) is 0 Å². The molecule has 12 nitrogen and oxygen atoms in total. The smallest absolute Gasteiger partial charge is 0.231 e. The molecule has 4 aromatic rings. The summed E-state index contributed by atoms with van der Waals surface area (Å²) in [5.41, 5.74) is 2.26. The van der Waals surface area contributed by atoms with E-state index < -0.39 is 0 Å². The number of benzene rings is 4. The summed E-state index contributed by atoms with van der Waals surface area (Å²) in [6.07, 6.45) is 6.24. The Morgan fingerprint density at radius 1 is 0.551 bits per heavy atom. The fourth-order valence-electron chi connectivity index (χ4n) is 4.97. The van der Waals surface area contributed by atoms with E-state index in [2.05, 4.69) is 0 Å². The van der Waals surface area contributed by atoms with Gasteiger partial charge in [-0.15, -0.1) is 0 Å². The molecule has 0 unspecified atom stereocenters. The minimum Gasteiger partial charge on any atom is -0.502 e. The SMILES string of the molecule is COc1ccc(C(=O)/C=C/c2ccc3c(c2)OCO3)c(OC)c1O.COc1ccc(C(=O)/C=C/c2ccc3c(c2)OCO3)c(OC)c1OC. The van der Waals surface area contributed by atoms with Crippen LogP contribution in [0.3, 0.4) is 0 Å². The van der Waals surface area contributed by atoms with Crippen LogP contribution in [0.1, 0.15) is 31.8 Å². The molecule has 0 aliphatic carbocycles. The average Bonchev–Trinajstić information content (AvgIpc) is 3.81. The van der Waals surface area contributed by atoms with Crippen LogP contribution >= 0.6 is 0 Å². The number of phenolic OH excluding ortho intramolecular Hbond substituents is 1. The number of ether oxygens (including phenoxy) is 9. The second-order valence-electron chi connectivity index (χ2n) is 10.2. The van der Waals surface area contributed by atoms with E-state index in [1.807, 2.05) is 24.3 Å². The first-order chi connectivity index (χ1) is 23.8. The van der Waals surface area contributed by atoms with Gasteiger partial charge in [-0.3, -0.25) is 9.59 Å². The number of fused-ring (bicyclic) bond motifs is 2. The van der Waals surface area contributed by atoms with E-state index >= 15 is 0 Å².